The summed E-state index contributed by atoms with van der Waals surface area (Å²) in [4.78, 5) is 23.1. The van der Waals surface area contributed by atoms with Crippen molar-refractivity contribution < 1.29 is 18.7 Å². The summed E-state index contributed by atoms with van der Waals surface area (Å²) in [5.41, 5.74) is 0.405. The van der Waals surface area contributed by atoms with Gasteiger partial charge in [0.2, 0.25) is 5.91 Å². The van der Waals surface area contributed by atoms with Crippen LogP contribution in [0.5, 0.6) is 0 Å². The van der Waals surface area contributed by atoms with Crippen molar-refractivity contribution in [3.05, 3.63) is 30.1 Å². The molecule has 0 unspecified atom stereocenters. The third-order valence-corrected chi connectivity index (χ3v) is 5.65. The smallest absolute Gasteiger partial charge is 0.325 e. The van der Waals surface area contributed by atoms with E-state index < -0.39 is 5.97 Å². The summed E-state index contributed by atoms with van der Waals surface area (Å²) in [6, 6.07) is 6.68. The predicted octanol–water partition coefficient (Wildman–Crippen LogP) is 2.97. The maximum absolute atomic E-state index is 14.4. The molecule has 0 aliphatic heterocycles. The molecule has 1 heterocycles. The molecule has 1 aromatic heterocycles. The number of nitrogens with one attached hydrogen (secondary N) is 1. The maximum atomic E-state index is 14.4. The van der Waals surface area contributed by atoms with E-state index in [1.807, 2.05) is 4.57 Å². The summed E-state index contributed by atoms with van der Waals surface area (Å²) >= 11 is 1.23. The average Bonchev–Trinajstić information content (AvgIpc) is 3.15. The molecule has 1 fully saturated rings. The number of ether oxygens (including phenoxy) is 1. The van der Waals surface area contributed by atoms with Gasteiger partial charge in [0, 0.05) is 6.04 Å². The van der Waals surface area contributed by atoms with E-state index in [0.717, 1.165) is 25.7 Å². The topological polar surface area (TPSA) is 86.1 Å². The highest BCUT2D eigenvalue weighted by Crippen LogP contribution is 2.36. The molecular weight excluding hydrogens is 383 g/mol. The Balaban J connectivity index is 1.80. The predicted molar refractivity (Wildman–Crippen MR) is 103 cm³/mol. The van der Waals surface area contributed by atoms with Crippen molar-refractivity contribution in [2.45, 2.75) is 43.3 Å². The minimum absolute atomic E-state index is 0.0825. The van der Waals surface area contributed by atoms with Crippen LogP contribution in [-0.2, 0) is 14.3 Å². The zero-order valence-corrected chi connectivity index (χ0v) is 16.5. The van der Waals surface area contributed by atoms with Gasteiger partial charge in [-0.15, -0.1) is 10.2 Å². The third kappa shape index (κ3) is 4.89. The Hall–Kier alpha value is -2.42. The van der Waals surface area contributed by atoms with Gasteiger partial charge in [0.15, 0.2) is 11.0 Å². The van der Waals surface area contributed by atoms with Crippen molar-refractivity contribution in [1.29, 1.82) is 0 Å². The molecule has 28 heavy (non-hydrogen) atoms. The Morgan fingerprint density at radius 2 is 2.00 bits per heavy atom. The van der Waals surface area contributed by atoms with Crippen LogP contribution in [0.3, 0.4) is 0 Å². The van der Waals surface area contributed by atoms with Crippen LogP contribution in [0.15, 0.2) is 29.4 Å². The first-order valence-electron chi connectivity index (χ1n) is 9.26. The number of carbonyl (C=O) groups is 2. The summed E-state index contributed by atoms with van der Waals surface area (Å²) in [5.74, 6) is -0.590. The molecule has 3 rings (SSSR count). The van der Waals surface area contributed by atoms with Crippen LogP contribution < -0.4 is 5.32 Å². The van der Waals surface area contributed by atoms with E-state index in [4.69, 9.17) is 0 Å². The lowest BCUT2D eigenvalue weighted by molar-refractivity contribution is -0.140. The van der Waals surface area contributed by atoms with Gasteiger partial charge in [-0.05, 0) is 25.0 Å². The highest BCUT2D eigenvalue weighted by Gasteiger charge is 2.25. The molecule has 0 radical (unpaired) electrons. The van der Waals surface area contributed by atoms with Crippen molar-refractivity contribution in [2.24, 2.45) is 0 Å². The first kappa shape index (κ1) is 20.3. The van der Waals surface area contributed by atoms with Crippen molar-refractivity contribution in [3.63, 3.8) is 0 Å². The molecule has 2 aromatic rings. The fraction of sp³-hybridized carbons (Fsp3) is 0.474. The number of hydrogen-bond acceptors (Lipinski definition) is 6. The quantitative estimate of drug-likeness (QED) is 0.562. The summed E-state index contributed by atoms with van der Waals surface area (Å²) in [6.45, 7) is -0.175. The van der Waals surface area contributed by atoms with Crippen LogP contribution >= 0.6 is 11.8 Å². The summed E-state index contributed by atoms with van der Waals surface area (Å²) in [5, 5.41) is 11.5. The SMILES string of the molecule is COC(=O)CNC(=O)CSc1nnc(-c2ccccc2F)n1C1CCCCC1. The van der Waals surface area contributed by atoms with Gasteiger partial charge in [0.25, 0.3) is 0 Å². The lowest BCUT2D eigenvalue weighted by Gasteiger charge is -2.25. The van der Waals surface area contributed by atoms with Gasteiger partial charge in [-0.1, -0.05) is 43.2 Å². The van der Waals surface area contributed by atoms with Crippen LogP contribution in [-0.4, -0.2) is 46.0 Å². The average molecular weight is 406 g/mol. The number of rotatable bonds is 7. The molecule has 1 N–H and O–H groups in total. The highest BCUT2D eigenvalue weighted by atomic mass is 32.2. The minimum atomic E-state index is -0.509. The molecule has 0 spiro atoms. The minimum Gasteiger partial charge on any atom is -0.468 e. The molecule has 1 aliphatic carbocycles. The third-order valence-electron chi connectivity index (χ3n) is 4.71. The zero-order chi connectivity index (χ0) is 19.9. The number of hydrogen-bond donors (Lipinski definition) is 1. The number of benzene rings is 1. The number of esters is 1. The monoisotopic (exact) mass is 406 g/mol. The van der Waals surface area contributed by atoms with E-state index in [0.29, 0.717) is 16.5 Å². The molecule has 9 heteroatoms. The van der Waals surface area contributed by atoms with Gasteiger partial charge >= 0.3 is 5.97 Å². The number of amides is 1. The second-order valence-electron chi connectivity index (χ2n) is 6.59. The largest absolute Gasteiger partial charge is 0.468 e. The molecule has 1 saturated carbocycles. The van der Waals surface area contributed by atoms with Gasteiger partial charge < -0.3 is 10.1 Å². The standard InChI is InChI=1S/C19H23FN4O3S/c1-27-17(26)11-21-16(25)12-28-19-23-22-18(14-9-5-6-10-15(14)20)24(19)13-7-3-2-4-8-13/h5-6,9-10,13H,2-4,7-8,11-12H2,1H3,(H,21,25). The first-order valence-corrected chi connectivity index (χ1v) is 10.2. The lowest BCUT2D eigenvalue weighted by Crippen LogP contribution is -2.31. The van der Waals surface area contributed by atoms with E-state index in [1.54, 1.807) is 18.2 Å². The number of aromatic nitrogens is 3. The molecule has 1 amide bonds. The summed E-state index contributed by atoms with van der Waals surface area (Å²) < 4.78 is 20.8. The number of carbonyl (C=O) groups excluding carboxylic acids is 2. The fourth-order valence-electron chi connectivity index (χ4n) is 3.29. The molecule has 150 valence electrons. The van der Waals surface area contributed by atoms with Crippen LogP contribution in [0, 0.1) is 5.82 Å². The summed E-state index contributed by atoms with van der Waals surface area (Å²) in [6.07, 6.45) is 5.34. The normalized spacial score (nSPS) is 14.6. The molecular formula is C19H23FN4O3S. The number of thioether (sulfide) groups is 1. The van der Waals surface area contributed by atoms with Gasteiger partial charge in [-0.2, -0.15) is 0 Å². The van der Waals surface area contributed by atoms with Crippen LogP contribution in [0.1, 0.15) is 38.1 Å². The lowest BCUT2D eigenvalue weighted by atomic mass is 9.95. The first-order chi connectivity index (χ1) is 13.6. The van der Waals surface area contributed by atoms with Crippen molar-refractivity contribution >= 4 is 23.6 Å². The Bertz CT molecular complexity index is 836. The van der Waals surface area contributed by atoms with Crippen LogP contribution in [0.25, 0.3) is 11.4 Å². The Morgan fingerprint density at radius 1 is 1.25 bits per heavy atom. The molecule has 1 aliphatic rings. The van der Waals surface area contributed by atoms with Crippen molar-refractivity contribution in [1.82, 2.24) is 20.1 Å². The maximum Gasteiger partial charge on any atom is 0.325 e. The van der Waals surface area contributed by atoms with Crippen molar-refractivity contribution in [3.8, 4) is 11.4 Å². The summed E-state index contributed by atoms with van der Waals surface area (Å²) in [7, 11) is 1.26. The Morgan fingerprint density at radius 3 is 2.71 bits per heavy atom. The van der Waals surface area contributed by atoms with E-state index in [-0.39, 0.29) is 30.1 Å². The van der Waals surface area contributed by atoms with Gasteiger partial charge in [-0.3, -0.25) is 14.2 Å². The van der Waals surface area contributed by atoms with Gasteiger partial charge in [0.1, 0.15) is 12.4 Å². The van der Waals surface area contributed by atoms with E-state index in [9.17, 15) is 14.0 Å². The van der Waals surface area contributed by atoms with E-state index in [1.165, 1.54) is 31.4 Å². The Kier molecular flexibility index (Phi) is 7.02. The second-order valence-corrected chi connectivity index (χ2v) is 7.53. The fourth-order valence-corrected chi connectivity index (χ4v) is 4.13. The highest BCUT2D eigenvalue weighted by molar-refractivity contribution is 7.99. The number of nitrogens with zero attached hydrogens (tertiary/aromatic N) is 3. The number of methoxy groups -OCH3 is 1. The number of halogens is 1. The van der Waals surface area contributed by atoms with Crippen molar-refractivity contribution in [2.75, 3.05) is 19.4 Å². The Labute approximate surface area is 167 Å². The molecule has 0 bridgehead atoms. The van der Waals surface area contributed by atoms with Gasteiger partial charge in [-0.25, -0.2) is 4.39 Å². The van der Waals surface area contributed by atoms with Crippen LogP contribution in [0.2, 0.25) is 0 Å². The van der Waals surface area contributed by atoms with E-state index in [2.05, 4.69) is 20.3 Å². The molecule has 0 saturated heterocycles. The van der Waals surface area contributed by atoms with E-state index >= 15 is 0 Å². The zero-order valence-electron chi connectivity index (χ0n) is 15.7. The van der Waals surface area contributed by atoms with Gasteiger partial charge in [0.05, 0.1) is 18.4 Å². The molecule has 7 nitrogen and oxygen atoms in total. The molecule has 1 aromatic carbocycles. The second kappa shape index (κ2) is 9.68. The van der Waals surface area contributed by atoms with Crippen LogP contribution in [0.4, 0.5) is 4.39 Å². The molecule has 0 atom stereocenters.